The smallest absolute Gasteiger partial charge is 0.293 e. The summed E-state index contributed by atoms with van der Waals surface area (Å²) in [5.41, 5.74) is 1.22. The Labute approximate surface area is 181 Å². The molecule has 8 nitrogen and oxygen atoms in total. The lowest BCUT2D eigenvalue weighted by atomic mass is 10.0. The van der Waals surface area contributed by atoms with Crippen molar-refractivity contribution in [2.24, 2.45) is 0 Å². The molecule has 0 aromatic heterocycles. The summed E-state index contributed by atoms with van der Waals surface area (Å²) in [6.45, 7) is 4.34. The molecular formula is C23H26N4O4. The Morgan fingerprint density at radius 3 is 2.32 bits per heavy atom. The van der Waals surface area contributed by atoms with Crippen LogP contribution in [0.1, 0.15) is 35.7 Å². The van der Waals surface area contributed by atoms with Crippen LogP contribution in [0.4, 0.5) is 11.4 Å². The number of ketones is 1. The minimum Gasteiger partial charge on any atom is -0.363 e. The maximum absolute atomic E-state index is 12.7. The van der Waals surface area contributed by atoms with E-state index in [1.54, 1.807) is 36.4 Å². The molecule has 2 aromatic rings. The van der Waals surface area contributed by atoms with Crippen LogP contribution >= 0.6 is 0 Å². The Balaban J connectivity index is 1.46. The SMILES string of the molecule is CC(C(=O)NC1CC1)N1CCN(c2ccc(C(=O)c3ccccc3)cc2[N+](=O)[O-])CC1. The number of anilines is 1. The number of nitrogens with one attached hydrogen (secondary N) is 1. The third kappa shape index (κ3) is 4.74. The van der Waals surface area contributed by atoms with Crippen LogP contribution in [0, 0.1) is 10.1 Å². The molecule has 2 aliphatic rings. The molecule has 2 aromatic carbocycles. The zero-order valence-electron chi connectivity index (χ0n) is 17.5. The highest BCUT2D eigenvalue weighted by Gasteiger charge is 2.31. The van der Waals surface area contributed by atoms with Crippen LogP contribution in [0.3, 0.4) is 0 Å². The van der Waals surface area contributed by atoms with Gasteiger partial charge in [0, 0.05) is 49.4 Å². The fraction of sp³-hybridized carbons (Fsp3) is 0.391. The Morgan fingerprint density at radius 1 is 1.03 bits per heavy atom. The van der Waals surface area contributed by atoms with Gasteiger partial charge in [-0.15, -0.1) is 0 Å². The first-order valence-corrected chi connectivity index (χ1v) is 10.6. The molecule has 1 saturated heterocycles. The van der Waals surface area contributed by atoms with E-state index in [4.69, 9.17) is 0 Å². The third-order valence-electron chi connectivity index (χ3n) is 5.98. The quantitative estimate of drug-likeness (QED) is 0.419. The van der Waals surface area contributed by atoms with Crippen molar-refractivity contribution in [3.05, 3.63) is 69.8 Å². The van der Waals surface area contributed by atoms with E-state index in [1.165, 1.54) is 6.07 Å². The summed E-state index contributed by atoms with van der Waals surface area (Å²) in [6, 6.07) is 13.5. The van der Waals surface area contributed by atoms with Gasteiger partial charge in [0.15, 0.2) is 5.78 Å². The second-order valence-corrected chi connectivity index (χ2v) is 8.14. The van der Waals surface area contributed by atoms with E-state index in [0.717, 1.165) is 12.8 Å². The summed E-state index contributed by atoms with van der Waals surface area (Å²) in [5.74, 6) is -0.193. The Kier molecular flexibility index (Phi) is 5.99. The van der Waals surface area contributed by atoms with Gasteiger partial charge in [0.1, 0.15) is 5.69 Å². The van der Waals surface area contributed by atoms with Gasteiger partial charge in [-0.3, -0.25) is 24.6 Å². The van der Waals surface area contributed by atoms with Gasteiger partial charge in [0.2, 0.25) is 5.91 Å². The monoisotopic (exact) mass is 422 g/mol. The Hall–Kier alpha value is -3.26. The topological polar surface area (TPSA) is 95.8 Å². The van der Waals surface area contributed by atoms with Crippen molar-refractivity contribution in [3.8, 4) is 0 Å². The normalized spacial score (nSPS) is 17.8. The number of benzene rings is 2. The Morgan fingerprint density at radius 2 is 1.71 bits per heavy atom. The van der Waals surface area contributed by atoms with Crippen LogP contribution in [-0.2, 0) is 4.79 Å². The molecular weight excluding hydrogens is 396 g/mol. The number of piperazine rings is 1. The minimum atomic E-state index is -0.435. The molecule has 0 bridgehead atoms. The van der Waals surface area contributed by atoms with Crippen molar-refractivity contribution in [1.82, 2.24) is 10.2 Å². The standard InChI is InChI=1S/C23H26N4O4/c1-16(23(29)24-19-8-9-19)25-11-13-26(14-12-25)20-10-7-18(15-21(20)27(30)31)22(28)17-5-3-2-4-6-17/h2-7,10,15-16,19H,8-9,11-14H2,1H3,(H,24,29). The molecule has 8 heteroatoms. The average Bonchev–Trinajstić information content (AvgIpc) is 3.62. The maximum Gasteiger partial charge on any atom is 0.293 e. The Bertz CT molecular complexity index is 982. The summed E-state index contributed by atoms with van der Waals surface area (Å²) in [7, 11) is 0. The number of carbonyl (C=O) groups is 2. The van der Waals surface area contributed by atoms with Gasteiger partial charge in [-0.05, 0) is 31.9 Å². The van der Waals surface area contributed by atoms with Crippen LogP contribution in [0.5, 0.6) is 0 Å². The fourth-order valence-corrected chi connectivity index (χ4v) is 3.90. The number of hydrogen-bond donors (Lipinski definition) is 1. The average molecular weight is 422 g/mol. The minimum absolute atomic E-state index is 0.0470. The molecule has 1 amide bonds. The highest BCUT2D eigenvalue weighted by Crippen LogP contribution is 2.31. The van der Waals surface area contributed by atoms with E-state index < -0.39 is 4.92 Å². The van der Waals surface area contributed by atoms with Gasteiger partial charge in [0.05, 0.1) is 11.0 Å². The molecule has 31 heavy (non-hydrogen) atoms. The number of rotatable bonds is 7. The number of nitro benzene ring substituents is 1. The molecule has 1 atom stereocenters. The highest BCUT2D eigenvalue weighted by atomic mass is 16.6. The highest BCUT2D eigenvalue weighted by molar-refractivity contribution is 6.09. The van der Waals surface area contributed by atoms with Crippen LogP contribution in [0.2, 0.25) is 0 Å². The third-order valence-corrected chi connectivity index (χ3v) is 5.98. The second kappa shape index (κ2) is 8.85. The van der Waals surface area contributed by atoms with Crippen molar-refractivity contribution in [3.63, 3.8) is 0 Å². The van der Waals surface area contributed by atoms with E-state index in [2.05, 4.69) is 10.2 Å². The van der Waals surface area contributed by atoms with Gasteiger partial charge < -0.3 is 10.2 Å². The van der Waals surface area contributed by atoms with Crippen molar-refractivity contribution < 1.29 is 14.5 Å². The van der Waals surface area contributed by atoms with Gasteiger partial charge in [-0.1, -0.05) is 30.3 Å². The molecule has 1 unspecified atom stereocenters. The van der Waals surface area contributed by atoms with E-state index in [0.29, 0.717) is 49.0 Å². The number of hydrogen-bond acceptors (Lipinski definition) is 6. The van der Waals surface area contributed by atoms with Crippen molar-refractivity contribution >= 4 is 23.1 Å². The zero-order chi connectivity index (χ0) is 22.0. The van der Waals surface area contributed by atoms with Crippen LogP contribution in [0.25, 0.3) is 0 Å². The molecule has 2 fully saturated rings. The summed E-state index contributed by atoms with van der Waals surface area (Å²) >= 11 is 0. The summed E-state index contributed by atoms with van der Waals surface area (Å²) in [5, 5.41) is 14.8. The first kappa shape index (κ1) is 21.0. The predicted octanol–water partition coefficient (Wildman–Crippen LogP) is 2.61. The summed E-state index contributed by atoms with van der Waals surface area (Å²) in [6.07, 6.45) is 2.11. The number of carbonyl (C=O) groups excluding carboxylic acids is 2. The van der Waals surface area contributed by atoms with Gasteiger partial charge >= 0.3 is 0 Å². The van der Waals surface area contributed by atoms with Crippen LogP contribution in [-0.4, -0.2) is 59.8 Å². The largest absolute Gasteiger partial charge is 0.363 e. The number of nitrogens with zero attached hydrogens (tertiary/aromatic N) is 3. The second-order valence-electron chi connectivity index (χ2n) is 8.14. The number of amides is 1. The van der Waals surface area contributed by atoms with Crippen molar-refractivity contribution in [1.29, 1.82) is 0 Å². The van der Waals surface area contributed by atoms with E-state index in [-0.39, 0.29) is 23.4 Å². The summed E-state index contributed by atoms with van der Waals surface area (Å²) < 4.78 is 0. The predicted molar refractivity (Wildman–Crippen MR) is 117 cm³/mol. The lowest BCUT2D eigenvalue weighted by Crippen LogP contribution is -2.54. The van der Waals surface area contributed by atoms with E-state index in [9.17, 15) is 19.7 Å². The lowest BCUT2D eigenvalue weighted by Gasteiger charge is -2.38. The molecule has 1 saturated carbocycles. The van der Waals surface area contributed by atoms with Crippen molar-refractivity contribution in [2.45, 2.75) is 31.8 Å². The number of nitro groups is 1. The van der Waals surface area contributed by atoms with Gasteiger partial charge in [-0.2, -0.15) is 0 Å². The molecule has 1 heterocycles. The maximum atomic E-state index is 12.7. The molecule has 0 spiro atoms. The van der Waals surface area contributed by atoms with E-state index >= 15 is 0 Å². The van der Waals surface area contributed by atoms with Gasteiger partial charge in [-0.25, -0.2) is 0 Å². The van der Waals surface area contributed by atoms with Crippen molar-refractivity contribution in [2.75, 3.05) is 31.1 Å². The van der Waals surface area contributed by atoms with Crippen LogP contribution in [0.15, 0.2) is 48.5 Å². The molecule has 162 valence electrons. The summed E-state index contributed by atoms with van der Waals surface area (Å²) in [4.78, 5) is 40.4. The zero-order valence-corrected chi connectivity index (χ0v) is 17.5. The molecule has 4 rings (SSSR count). The first-order valence-electron chi connectivity index (χ1n) is 10.6. The fourth-order valence-electron chi connectivity index (χ4n) is 3.90. The lowest BCUT2D eigenvalue weighted by molar-refractivity contribution is -0.384. The first-order chi connectivity index (χ1) is 14.9. The van der Waals surface area contributed by atoms with Crippen LogP contribution < -0.4 is 10.2 Å². The molecule has 1 aliphatic heterocycles. The molecule has 1 N–H and O–H groups in total. The molecule has 1 aliphatic carbocycles. The van der Waals surface area contributed by atoms with E-state index in [1.807, 2.05) is 17.9 Å². The van der Waals surface area contributed by atoms with Gasteiger partial charge in [0.25, 0.3) is 5.69 Å². The molecule has 0 radical (unpaired) electrons.